The highest BCUT2D eigenvalue weighted by molar-refractivity contribution is 4.78. The Morgan fingerprint density at radius 3 is 2.00 bits per heavy atom. The summed E-state index contributed by atoms with van der Waals surface area (Å²) in [5, 5.41) is 25.0. The van der Waals surface area contributed by atoms with Crippen LogP contribution in [0.2, 0.25) is 0 Å². The first-order valence-corrected chi connectivity index (χ1v) is 2.26. The third-order valence-electron chi connectivity index (χ3n) is 0.931. The van der Waals surface area contributed by atoms with E-state index in [9.17, 15) is 0 Å². The molecule has 0 saturated heterocycles. The van der Waals surface area contributed by atoms with E-state index in [1.54, 1.807) is 0 Å². The Bertz CT molecular complexity index is 71.7. The maximum Gasteiger partial charge on any atom is 0.171 e. The summed E-state index contributed by atoms with van der Waals surface area (Å²) >= 11 is 0. The minimum atomic E-state index is -1.66. The van der Waals surface area contributed by atoms with E-state index in [0.717, 1.165) is 0 Å². The van der Waals surface area contributed by atoms with E-state index >= 15 is 0 Å². The first-order chi connectivity index (χ1) is 3.50. The van der Waals surface area contributed by atoms with Crippen molar-refractivity contribution >= 4 is 0 Å². The molecule has 0 radical (unpaired) electrons. The van der Waals surface area contributed by atoms with Crippen molar-refractivity contribution in [1.82, 2.24) is 0 Å². The van der Waals surface area contributed by atoms with Gasteiger partial charge in [-0.15, -0.1) is 0 Å². The standard InChI is InChI=1S/C4H11NO3/c1-4(5,2-6)3(7)8/h3,6-8H,2,5H2,1H3. The van der Waals surface area contributed by atoms with Gasteiger partial charge >= 0.3 is 0 Å². The summed E-state index contributed by atoms with van der Waals surface area (Å²) in [5.74, 6) is 0. The first-order valence-electron chi connectivity index (χ1n) is 2.26. The van der Waals surface area contributed by atoms with Gasteiger partial charge in [-0.3, -0.25) is 0 Å². The molecule has 4 nitrogen and oxygen atoms in total. The number of aliphatic hydroxyl groups is 3. The maximum atomic E-state index is 8.35. The molecule has 0 aromatic heterocycles. The monoisotopic (exact) mass is 121 g/mol. The summed E-state index contributed by atoms with van der Waals surface area (Å²) in [5.41, 5.74) is 3.82. The van der Waals surface area contributed by atoms with E-state index in [4.69, 9.17) is 21.1 Å². The molecule has 0 amide bonds. The Kier molecular flexibility index (Phi) is 2.36. The van der Waals surface area contributed by atoms with Gasteiger partial charge in [-0.25, -0.2) is 0 Å². The van der Waals surface area contributed by atoms with E-state index in [2.05, 4.69) is 0 Å². The number of aliphatic hydroxyl groups excluding tert-OH is 2. The van der Waals surface area contributed by atoms with Crippen LogP contribution in [0.1, 0.15) is 6.92 Å². The zero-order valence-corrected chi connectivity index (χ0v) is 4.70. The van der Waals surface area contributed by atoms with Crippen LogP contribution in [0.4, 0.5) is 0 Å². The molecule has 0 aromatic carbocycles. The predicted molar refractivity (Wildman–Crippen MR) is 27.9 cm³/mol. The highest BCUT2D eigenvalue weighted by Gasteiger charge is 2.24. The molecular weight excluding hydrogens is 110 g/mol. The Labute approximate surface area is 47.6 Å². The molecule has 0 fully saturated rings. The van der Waals surface area contributed by atoms with Crippen LogP contribution < -0.4 is 5.73 Å². The summed E-state index contributed by atoms with van der Waals surface area (Å²) in [6.07, 6.45) is -1.66. The summed E-state index contributed by atoms with van der Waals surface area (Å²) in [7, 11) is 0. The van der Waals surface area contributed by atoms with Gasteiger partial charge in [-0.2, -0.15) is 0 Å². The molecular formula is C4H11NO3. The lowest BCUT2D eigenvalue weighted by Crippen LogP contribution is -2.51. The van der Waals surface area contributed by atoms with Crippen LogP contribution in [0.15, 0.2) is 0 Å². The zero-order chi connectivity index (χ0) is 6.78. The van der Waals surface area contributed by atoms with Crippen LogP contribution in [0.5, 0.6) is 0 Å². The van der Waals surface area contributed by atoms with Crippen molar-refractivity contribution in [2.24, 2.45) is 5.73 Å². The van der Waals surface area contributed by atoms with E-state index in [1.165, 1.54) is 6.92 Å². The molecule has 8 heavy (non-hydrogen) atoms. The maximum absolute atomic E-state index is 8.35. The lowest BCUT2D eigenvalue weighted by molar-refractivity contribution is -0.103. The van der Waals surface area contributed by atoms with Gasteiger partial charge < -0.3 is 21.1 Å². The van der Waals surface area contributed by atoms with Crippen LogP contribution in [0, 0.1) is 0 Å². The molecule has 0 spiro atoms. The third-order valence-corrected chi connectivity index (χ3v) is 0.931. The number of hydrogen-bond donors (Lipinski definition) is 4. The van der Waals surface area contributed by atoms with E-state index in [0.29, 0.717) is 0 Å². The van der Waals surface area contributed by atoms with Crippen molar-refractivity contribution < 1.29 is 15.3 Å². The number of nitrogens with two attached hydrogens (primary N) is 1. The van der Waals surface area contributed by atoms with Gasteiger partial charge in [-0.05, 0) is 6.92 Å². The topological polar surface area (TPSA) is 86.7 Å². The van der Waals surface area contributed by atoms with Crippen molar-refractivity contribution in [1.29, 1.82) is 0 Å². The van der Waals surface area contributed by atoms with Gasteiger partial charge in [0.1, 0.15) is 0 Å². The fraction of sp³-hybridized carbons (Fsp3) is 1.00. The van der Waals surface area contributed by atoms with Crippen molar-refractivity contribution in [3.05, 3.63) is 0 Å². The molecule has 0 heterocycles. The van der Waals surface area contributed by atoms with Crippen molar-refractivity contribution in [2.75, 3.05) is 6.61 Å². The van der Waals surface area contributed by atoms with Gasteiger partial charge in [0, 0.05) is 0 Å². The quantitative estimate of drug-likeness (QED) is 0.318. The predicted octanol–water partition coefficient (Wildman–Crippen LogP) is -1.99. The Balaban J connectivity index is 3.71. The smallest absolute Gasteiger partial charge is 0.171 e. The minimum Gasteiger partial charge on any atom is -0.394 e. The second-order valence-electron chi connectivity index (χ2n) is 2.04. The van der Waals surface area contributed by atoms with Crippen molar-refractivity contribution in [2.45, 2.75) is 18.8 Å². The SMILES string of the molecule is CC(N)(CO)C(O)O. The van der Waals surface area contributed by atoms with E-state index < -0.39 is 18.4 Å². The lowest BCUT2D eigenvalue weighted by atomic mass is 10.1. The fourth-order valence-electron chi connectivity index (χ4n) is 0.0816. The number of rotatable bonds is 2. The average molecular weight is 121 g/mol. The largest absolute Gasteiger partial charge is 0.394 e. The van der Waals surface area contributed by atoms with E-state index in [1.807, 2.05) is 0 Å². The van der Waals surface area contributed by atoms with Crippen LogP contribution in [-0.2, 0) is 0 Å². The highest BCUT2D eigenvalue weighted by atomic mass is 16.5. The highest BCUT2D eigenvalue weighted by Crippen LogP contribution is 2.00. The van der Waals surface area contributed by atoms with Crippen LogP contribution in [-0.4, -0.2) is 33.8 Å². The molecule has 0 aliphatic heterocycles. The molecule has 50 valence electrons. The summed E-state index contributed by atoms with van der Waals surface area (Å²) in [4.78, 5) is 0. The second-order valence-corrected chi connectivity index (χ2v) is 2.04. The van der Waals surface area contributed by atoms with Gasteiger partial charge in [-0.1, -0.05) is 0 Å². The minimum absolute atomic E-state index is 0.440. The summed E-state index contributed by atoms with van der Waals surface area (Å²) < 4.78 is 0. The number of hydrogen-bond acceptors (Lipinski definition) is 4. The second kappa shape index (κ2) is 2.41. The van der Waals surface area contributed by atoms with Crippen LogP contribution in [0.3, 0.4) is 0 Å². The molecule has 4 heteroatoms. The fourth-order valence-corrected chi connectivity index (χ4v) is 0.0816. The van der Waals surface area contributed by atoms with Crippen molar-refractivity contribution in [3.8, 4) is 0 Å². The molecule has 1 unspecified atom stereocenters. The third kappa shape index (κ3) is 1.75. The zero-order valence-electron chi connectivity index (χ0n) is 4.70. The lowest BCUT2D eigenvalue weighted by Gasteiger charge is -2.22. The van der Waals surface area contributed by atoms with Crippen LogP contribution >= 0.6 is 0 Å². The molecule has 5 N–H and O–H groups in total. The summed E-state index contributed by atoms with van der Waals surface area (Å²) in [6.45, 7) is 0.905. The summed E-state index contributed by atoms with van der Waals surface area (Å²) in [6, 6.07) is 0. The van der Waals surface area contributed by atoms with Crippen molar-refractivity contribution in [3.63, 3.8) is 0 Å². The molecule has 0 rings (SSSR count). The first kappa shape index (κ1) is 7.84. The van der Waals surface area contributed by atoms with E-state index in [-0.39, 0.29) is 0 Å². The Morgan fingerprint density at radius 2 is 2.00 bits per heavy atom. The van der Waals surface area contributed by atoms with Gasteiger partial charge in [0.05, 0.1) is 12.1 Å². The normalized spacial score (nSPS) is 18.8. The van der Waals surface area contributed by atoms with Gasteiger partial charge in [0.2, 0.25) is 0 Å². The van der Waals surface area contributed by atoms with Gasteiger partial charge in [0.25, 0.3) is 0 Å². The average Bonchev–Trinajstić information content (AvgIpc) is 1.67. The Morgan fingerprint density at radius 1 is 1.62 bits per heavy atom. The molecule has 0 aromatic rings. The molecule has 0 saturated carbocycles. The molecule has 0 aliphatic rings. The molecule has 0 bridgehead atoms. The van der Waals surface area contributed by atoms with Crippen LogP contribution in [0.25, 0.3) is 0 Å². The molecule has 0 aliphatic carbocycles. The molecule has 1 atom stereocenters. The Hall–Kier alpha value is -0.160. The van der Waals surface area contributed by atoms with Gasteiger partial charge in [0.15, 0.2) is 6.29 Å².